The first-order chi connectivity index (χ1) is 7.64. The molecule has 1 saturated heterocycles. The van der Waals surface area contributed by atoms with Crippen molar-refractivity contribution in [1.29, 1.82) is 0 Å². The van der Waals surface area contributed by atoms with Crippen molar-refractivity contribution in [3.8, 4) is 0 Å². The number of aliphatic hydroxyl groups is 1. The molecule has 1 fully saturated rings. The number of hydrogen-bond acceptors (Lipinski definition) is 2. The third kappa shape index (κ3) is 2.25. The Balaban J connectivity index is 2.21. The molecule has 16 heavy (non-hydrogen) atoms. The summed E-state index contributed by atoms with van der Waals surface area (Å²) < 4.78 is 2.12. The van der Waals surface area contributed by atoms with Gasteiger partial charge in [-0.2, -0.15) is 0 Å². The quantitative estimate of drug-likeness (QED) is 0.752. The third-order valence-corrected chi connectivity index (χ3v) is 3.57. The minimum atomic E-state index is -0.620. The molecule has 0 aromatic carbocycles. The molecule has 0 aliphatic carbocycles. The molecule has 1 N–H and O–H groups in total. The monoisotopic (exact) mass is 221 g/mol. The van der Waals surface area contributed by atoms with Crippen molar-refractivity contribution < 1.29 is 9.67 Å². The Hall–Kier alpha value is -0.930. The summed E-state index contributed by atoms with van der Waals surface area (Å²) in [6, 6.07) is 4.06. The molecule has 1 aromatic rings. The summed E-state index contributed by atoms with van der Waals surface area (Å²) in [6.07, 6.45) is 5.78. The maximum absolute atomic E-state index is 10.6. The van der Waals surface area contributed by atoms with Gasteiger partial charge < -0.3 is 10.0 Å². The maximum Gasteiger partial charge on any atom is 0.174 e. The molecule has 1 aliphatic heterocycles. The SMILES string of the molecule is CC[n+]1cccc(C2(O)CCN(C)CC2)c1. The minimum absolute atomic E-state index is 0.620. The van der Waals surface area contributed by atoms with E-state index in [1.54, 1.807) is 0 Å². The first-order valence-corrected chi connectivity index (χ1v) is 6.04. The fourth-order valence-electron chi connectivity index (χ4n) is 2.27. The molecule has 3 nitrogen and oxygen atoms in total. The van der Waals surface area contributed by atoms with Crippen LogP contribution in [-0.2, 0) is 12.1 Å². The van der Waals surface area contributed by atoms with Crippen LogP contribution in [0.5, 0.6) is 0 Å². The molecular weight excluding hydrogens is 200 g/mol. The van der Waals surface area contributed by atoms with E-state index in [4.69, 9.17) is 0 Å². The first kappa shape index (κ1) is 11.6. The van der Waals surface area contributed by atoms with E-state index in [1.807, 2.05) is 18.3 Å². The lowest BCUT2D eigenvalue weighted by atomic mass is 9.85. The summed E-state index contributed by atoms with van der Waals surface area (Å²) in [7, 11) is 2.11. The summed E-state index contributed by atoms with van der Waals surface area (Å²) >= 11 is 0. The van der Waals surface area contributed by atoms with Crippen LogP contribution in [0.4, 0.5) is 0 Å². The number of aromatic nitrogens is 1. The second-order valence-corrected chi connectivity index (χ2v) is 4.76. The minimum Gasteiger partial charge on any atom is -0.385 e. The lowest BCUT2D eigenvalue weighted by Crippen LogP contribution is -2.42. The van der Waals surface area contributed by atoms with E-state index >= 15 is 0 Å². The molecule has 0 amide bonds. The lowest BCUT2D eigenvalue weighted by Gasteiger charge is -2.36. The number of rotatable bonds is 2. The maximum atomic E-state index is 10.6. The Kier molecular flexibility index (Phi) is 3.26. The molecule has 0 atom stereocenters. The molecule has 1 aliphatic rings. The van der Waals surface area contributed by atoms with E-state index < -0.39 is 5.60 Å². The summed E-state index contributed by atoms with van der Waals surface area (Å²) in [5.74, 6) is 0. The third-order valence-electron chi connectivity index (χ3n) is 3.57. The summed E-state index contributed by atoms with van der Waals surface area (Å²) in [5.41, 5.74) is 0.440. The van der Waals surface area contributed by atoms with Crippen molar-refractivity contribution in [3.63, 3.8) is 0 Å². The number of pyridine rings is 1. The molecular formula is C13H21N2O+. The highest BCUT2D eigenvalue weighted by Crippen LogP contribution is 2.31. The predicted octanol–water partition coefficient (Wildman–Crippen LogP) is 0.907. The highest BCUT2D eigenvalue weighted by molar-refractivity contribution is 5.16. The zero-order chi connectivity index (χ0) is 11.6. The lowest BCUT2D eigenvalue weighted by molar-refractivity contribution is -0.694. The Morgan fingerprint density at radius 2 is 2.12 bits per heavy atom. The van der Waals surface area contributed by atoms with Gasteiger partial charge in [-0.1, -0.05) is 0 Å². The van der Waals surface area contributed by atoms with Gasteiger partial charge in [-0.05, 0) is 32.9 Å². The summed E-state index contributed by atoms with van der Waals surface area (Å²) in [4.78, 5) is 2.27. The Bertz CT molecular complexity index is 357. The van der Waals surface area contributed by atoms with Crippen LogP contribution in [0.25, 0.3) is 0 Å². The summed E-state index contributed by atoms with van der Waals surface area (Å²) in [5, 5.41) is 10.6. The standard InChI is InChI=1S/C13H21N2O/c1-3-15-8-4-5-12(11-15)13(16)6-9-14(2)10-7-13/h4-5,8,11,16H,3,6-7,9-10H2,1-2H3/q+1. The van der Waals surface area contributed by atoms with Gasteiger partial charge in [0.2, 0.25) is 0 Å². The molecule has 0 radical (unpaired) electrons. The Labute approximate surface area is 97.3 Å². The van der Waals surface area contributed by atoms with Crippen LogP contribution in [0.15, 0.2) is 24.5 Å². The van der Waals surface area contributed by atoms with Gasteiger partial charge in [-0.25, -0.2) is 4.57 Å². The average molecular weight is 221 g/mol. The number of piperidine rings is 1. The molecule has 2 heterocycles. The van der Waals surface area contributed by atoms with Crippen LogP contribution in [0.3, 0.4) is 0 Å². The van der Waals surface area contributed by atoms with Crippen LogP contribution < -0.4 is 4.57 Å². The van der Waals surface area contributed by atoms with Crippen LogP contribution in [0, 0.1) is 0 Å². The van der Waals surface area contributed by atoms with Crippen LogP contribution in [-0.4, -0.2) is 30.1 Å². The van der Waals surface area contributed by atoms with Crippen molar-refractivity contribution in [2.24, 2.45) is 0 Å². The second-order valence-electron chi connectivity index (χ2n) is 4.76. The van der Waals surface area contributed by atoms with Gasteiger partial charge in [-0.15, -0.1) is 0 Å². The molecule has 0 bridgehead atoms. The van der Waals surface area contributed by atoms with Crippen LogP contribution in [0.2, 0.25) is 0 Å². The number of nitrogens with zero attached hydrogens (tertiary/aromatic N) is 2. The van der Waals surface area contributed by atoms with Gasteiger partial charge >= 0.3 is 0 Å². The molecule has 1 aromatic heterocycles. The van der Waals surface area contributed by atoms with E-state index in [-0.39, 0.29) is 0 Å². The Morgan fingerprint density at radius 3 is 2.75 bits per heavy atom. The second kappa shape index (κ2) is 4.52. The van der Waals surface area contributed by atoms with Crippen molar-refractivity contribution in [3.05, 3.63) is 30.1 Å². The zero-order valence-electron chi connectivity index (χ0n) is 10.2. The zero-order valence-corrected chi connectivity index (χ0v) is 10.2. The van der Waals surface area contributed by atoms with Crippen LogP contribution >= 0.6 is 0 Å². The fraction of sp³-hybridized carbons (Fsp3) is 0.615. The smallest absolute Gasteiger partial charge is 0.174 e. The van der Waals surface area contributed by atoms with Gasteiger partial charge in [0.05, 0.1) is 5.60 Å². The normalized spacial score (nSPS) is 20.9. The fourth-order valence-corrected chi connectivity index (χ4v) is 2.27. The van der Waals surface area contributed by atoms with Gasteiger partial charge in [0.15, 0.2) is 12.4 Å². The van der Waals surface area contributed by atoms with Crippen LogP contribution in [0.1, 0.15) is 25.3 Å². The largest absolute Gasteiger partial charge is 0.385 e. The van der Waals surface area contributed by atoms with Crippen molar-refractivity contribution in [2.75, 3.05) is 20.1 Å². The van der Waals surface area contributed by atoms with Gasteiger partial charge in [-0.3, -0.25) is 0 Å². The molecule has 2 rings (SSSR count). The first-order valence-electron chi connectivity index (χ1n) is 6.04. The van der Waals surface area contributed by atoms with Gasteiger partial charge in [0.1, 0.15) is 6.54 Å². The van der Waals surface area contributed by atoms with Crippen molar-refractivity contribution in [1.82, 2.24) is 4.90 Å². The van der Waals surface area contributed by atoms with Gasteiger partial charge in [0.25, 0.3) is 0 Å². The number of aryl methyl sites for hydroxylation is 1. The molecule has 0 saturated carbocycles. The van der Waals surface area contributed by atoms with E-state index in [0.717, 1.165) is 38.0 Å². The predicted molar refractivity (Wildman–Crippen MR) is 62.9 cm³/mol. The highest BCUT2D eigenvalue weighted by atomic mass is 16.3. The average Bonchev–Trinajstić information content (AvgIpc) is 2.33. The van der Waals surface area contributed by atoms with Crippen molar-refractivity contribution in [2.45, 2.75) is 31.9 Å². The summed E-state index contributed by atoms with van der Waals surface area (Å²) in [6.45, 7) is 5.00. The van der Waals surface area contributed by atoms with E-state index in [1.165, 1.54) is 0 Å². The number of hydrogen-bond donors (Lipinski definition) is 1. The number of likely N-dealkylation sites (tertiary alicyclic amines) is 1. The molecule has 0 unspecified atom stereocenters. The molecule has 0 spiro atoms. The van der Waals surface area contributed by atoms with E-state index in [2.05, 4.69) is 29.6 Å². The molecule has 88 valence electrons. The Morgan fingerprint density at radius 1 is 1.44 bits per heavy atom. The van der Waals surface area contributed by atoms with E-state index in [0.29, 0.717) is 0 Å². The molecule has 3 heteroatoms. The van der Waals surface area contributed by atoms with E-state index in [9.17, 15) is 5.11 Å². The van der Waals surface area contributed by atoms with Gasteiger partial charge in [0, 0.05) is 24.7 Å². The van der Waals surface area contributed by atoms with Crippen molar-refractivity contribution >= 4 is 0 Å². The topological polar surface area (TPSA) is 27.4 Å². The highest BCUT2D eigenvalue weighted by Gasteiger charge is 2.34.